The van der Waals surface area contributed by atoms with E-state index in [1.807, 2.05) is 4.68 Å². The predicted molar refractivity (Wildman–Crippen MR) is 84.5 cm³/mol. The summed E-state index contributed by atoms with van der Waals surface area (Å²) in [6, 6.07) is 0.0990. The Morgan fingerprint density at radius 1 is 1.32 bits per heavy atom. The molecule has 0 spiro atoms. The molecule has 22 heavy (non-hydrogen) atoms. The van der Waals surface area contributed by atoms with Gasteiger partial charge in [-0.2, -0.15) is 5.10 Å². The standard InChI is InChI=1S/C17H27N3O2/c1-22-11-10-20-12-14-8-5-9-15(16(14)19-20)18-17(21)13-6-3-2-4-7-13/h12-13,15H,2-11H2,1H3,(H,18,21)/t15-/m0/s1. The molecule has 0 bridgehead atoms. The molecule has 1 atom stereocenters. The molecule has 1 saturated carbocycles. The fraction of sp³-hybridized carbons (Fsp3) is 0.765. The van der Waals surface area contributed by atoms with E-state index < -0.39 is 0 Å². The summed E-state index contributed by atoms with van der Waals surface area (Å²) in [5.41, 5.74) is 2.36. The molecule has 0 unspecified atom stereocenters. The molecule has 1 aromatic heterocycles. The van der Waals surface area contributed by atoms with Crippen molar-refractivity contribution in [3.8, 4) is 0 Å². The van der Waals surface area contributed by atoms with Crippen molar-refractivity contribution in [1.82, 2.24) is 15.1 Å². The minimum Gasteiger partial charge on any atom is -0.383 e. The van der Waals surface area contributed by atoms with Gasteiger partial charge in [-0.3, -0.25) is 9.48 Å². The van der Waals surface area contributed by atoms with Crippen LogP contribution in [0, 0.1) is 5.92 Å². The van der Waals surface area contributed by atoms with Crippen LogP contribution in [0.15, 0.2) is 6.20 Å². The minimum atomic E-state index is 0.0990. The average Bonchev–Trinajstić information content (AvgIpc) is 2.98. The van der Waals surface area contributed by atoms with E-state index in [9.17, 15) is 4.79 Å². The second-order valence-electron chi connectivity index (χ2n) is 6.58. The highest BCUT2D eigenvalue weighted by molar-refractivity contribution is 5.79. The van der Waals surface area contributed by atoms with Crippen molar-refractivity contribution >= 4 is 5.91 Å². The second-order valence-corrected chi connectivity index (χ2v) is 6.58. The van der Waals surface area contributed by atoms with Crippen LogP contribution >= 0.6 is 0 Å². The molecule has 0 aromatic carbocycles. The maximum atomic E-state index is 12.5. The number of hydrogen-bond acceptors (Lipinski definition) is 3. The van der Waals surface area contributed by atoms with Crippen LogP contribution in [0.25, 0.3) is 0 Å². The van der Waals surface area contributed by atoms with Gasteiger partial charge in [0.05, 0.1) is 24.9 Å². The first kappa shape index (κ1) is 15.5. The second kappa shape index (κ2) is 7.27. The van der Waals surface area contributed by atoms with Crippen LogP contribution in [-0.4, -0.2) is 29.4 Å². The summed E-state index contributed by atoms with van der Waals surface area (Å²) in [6.07, 6.45) is 11.1. The predicted octanol–water partition coefficient (Wildman–Crippen LogP) is 2.60. The van der Waals surface area contributed by atoms with Crippen molar-refractivity contribution in [2.24, 2.45) is 5.92 Å². The van der Waals surface area contributed by atoms with Gasteiger partial charge in [0.25, 0.3) is 0 Å². The van der Waals surface area contributed by atoms with Crippen LogP contribution < -0.4 is 5.32 Å². The lowest BCUT2D eigenvalue weighted by Gasteiger charge is -2.26. The highest BCUT2D eigenvalue weighted by atomic mass is 16.5. The lowest BCUT2D eigenvalue weighted by molar-refractivity contribution is -0.126. The first-order valence-corrected chi connectivity index (χ1v) is 8.63. The van der Waals surface area contributed by atoms with Crippen molar-refractivity contribution in [3.63, 3.8) is 0 Å². The number of aromatic nitrogens is 2. The molecule has 0 saturated heterocycles. The van der Waals surface area contributed by atoms with Gasteiger partial charge in [0.2, 0.25) is 5.91 Å². The molecular formula is C17H27N3O2. The summed E-state index contributed by atoms with van der Waals surface area (Å²) < 4.78 is 7.08. The Balaban J connectivity index is 1.65. The van der Waals surface area contributed by atoms with Crippen molar-refractivity contribution < 1.29 is 9.53 Å². The maximum absolute atomic E-state index is 12.5. The summed E-state index contributed by atoms with van der Waals surface area (Å²) in [7, 11) is 1.70. The topological polar surface area (TPSA) is 56.1 Å². The zero-order chi connectivity index (χ0) is 15.4. The van der Waals surface area contributed by atoms with E-state index in [4.69, 9.17) is 4.74 Å². The molecule has 1 amide bonds. The largest absolute Gasteiger partial charge is 0.383 e. The molecule has 2 aliphatic carbocycles. The van der Waals surface area contributed by atoms with E-state index in [1.54, 1.807) is 7.11 Å². The number of nitrogens with one attached hydrogen (secondary N) is 1. The van der Waals surface area contributed by atoms with Crippen molar-refractivity contribution in [2.45, 2.75) is 64.0 Å². The number of rotatable bonds is 5. The van der Waals surface area contributed by atoms with E-state index in [-0.39, 0.29) is 17.9 Å². The van der Waals surface area contributed by atoms with Gasteiger partial charge < -0.3 is 10.1 Å². The van der Waals surface area contributed by atoms with E-state index in [2.05, 4.69) is 16.6 Å². The molecule has 5 nitrogen and oxygen atoms in total. The van der Waals surface area contributed by atoms with Gasteiger partial charge in [-0.15, -0.1) is 0 Å². The number of carbonyl (C=O) groups is 1. The zero-order valence-electron chi connectivity index (χ0n) is 13.5. The Labute approximate surface area is 132 Å². The number of aryl methyl sites for hydroxylation is 1. The van der Waals surface area contributed by atoms with Gasteiger partial charge in [0, 0.05) is 19.2 Å². The van der Waals surface area contributed by atoms with Gasteiger partial charge in [0.1, 0.15) is 0 Å². The number of carbonyl (C=O) groups excluding carboxylic acids is 1. The van der Waals surface area contributed by atoms with Crippen molar-refractivity contribution in [1.29, 1.82) is 0 Å². The average molecular weight is 305 g/mol. The molecule has 122 valence electrons. The van der Waals surface area contributed by atoms with Crippen LogP contribution in [0.3, 0.4) is 0 Å². The number of nitrogens with zero attached hydrogens (tertiary/aromatic N) is 2. The maximum Gasteiger partial charge on any atom is 0.223 e. The van der Waals surface area contributed by atoms with Gasteiger partial charge in [-0.1, -0.05) is 19.3 Å². The Kier molecular flexibility index (Phi) is 5.13. The number of fused-ring (bicyclic) bond motifs is 1. The minimum absolute atomic E-state index is 0.0990. The molecule has 1 aromatic rings. The fourth-order valence-corrected chi connectivity index (χ4v) is 3.69. The van der Waals surface area contributed by atoms with Gasteiger partial charge in [-0.05, 0) is 37.7 Å². The first-order chi connectivity index (χ1) is 10.8. The summed E-state index contributed by atoms with van der Waals surface area (Å²) in [4.78, 5) is 12.5. The third-order valence-electron chi connectivity index (χ3n) is 4.96. The van der Waals surface area contributed by atoms with Crippen LogP contribution in [-0.2, 0) is 22.5 Å². The van der Waals surface area contributed by atoms with Crippen LogP contribution in [0.5, 0.6) is 0 Å². The third-order valence-corrected chi connectivity index (χ3v) is 4.96. The molecule has 3 rings (SSSR count). The molecule has 1 heterocycles. The Morgan fingerprint density at radius 3 is 2.91 bits per heavy atom. The van der Waals surface area contributed by atoms with Gasteiger partial charge >= 0.3 is 0 Å². The number of ether oxygens (including phenoxy) is 1. The highest BCUT2D eigenvalue weighted by Gasteiger charge is 2.28. The van der Waals surface area contributed by atoms with Crippen LogP contribution in [0.1, 0.15) is 62.2 Å². The highest BCUT2D eigenvalue weighted by Crippen LogP contribution is 2.30. The monoisotopic (exact) mass is 305 g/mol. The van der Waals surface area contributed by atoms with E-state index in [0.717, 1.165) is 44.3 Å². The molecular weight excluding hydrogens is 278 g/mol. The summed E-state index contributed by atoms with van der Waals surface area (Å²) >= 11 is 0. The number of methoxy groups -OCH3 is 1. The first-order valence-electron chi connectivity index (χ1n) is 8.63. The van der Waals surface area contributed by atoms with E-state index in [1.165, 1.54) is 24.8 Å². The lowest BCUT2D eigenvalue weighted by Crippen LogP contribution is -2.36. The van der Waals surface area contributed by atoms with Gasteiger partial charge in [-0.25, -0.2) is 0 Å². The number of hydrogen-bond donors (Lipinski definition) is 1. The van der Waals surface area contributed by atoms with Gasteiger partial charge in [0.15, 0.2) is 0 Å². The summed E-state index contributed by atoms with van der Waals surface area (Å²) in [6.45, 7) is 1.44. The molecule has 1 N–H and O–H groups in total. The number of amides is 1. The molecule has 5 heteroatoms. The molecule has 0 radical (unpaired) electrons. The third kappa shape index (κ3) is 3.51. The summed E-state index contributed by atoms with van der Waals surface area (Å²) in [5, 5.41) is 7.96. The van der Waals surface area contributed by atoms with Crippen molar-refractivity contribution in [2.75, 3.05) is 13.7 Å². The fourth-order valence-electron chi connectivity index (χ4n) is 3.69. The molecule has 0 aliphatic heterocycles. The van der Waals surface area contributed by atoms with E-state index in [0.29, 0.717) is 6.61 Å². The Hall–Kier alpha value is -1.36. The quantitative estimate of drug-likeness (QED) is 0.909. The summed E-state index contributed by atoms with van der Waals surface area (Å²) in [5.74, 6) is 0.457. The van der Waals surface area contributed by atoms with Crippen molar-refractivity contribution in [3.05, 3.63) is 17.5 Å². The van der Waals surface area contributed by atoms with E-state index >= 15 is 0 Å². The SMILES string of the molecule is COCCn1cc2c(n1)[C@@H](NC(=O)C1CCCCC1)CCC2. The Morgan fingerprint density at radius 2 is 2.14 bits per heavy atom. The Bertz CT molecular complexity index is 506. The zero-order valence-corrected chi connectivity index (χ0v) is 13.5. The lowest BCUT2D eigenvalue weighted by atomic mass is 9.87. The normalized spacial score (nSPS) is 22.3. The molecule has 2 aliphatic rings. The van der Waals surface area contributed by atoms with Crippen LogP contribution in [0.2, 0.25) is 0 Å². The van der Waals surface area contributed by atoms with Crippen LogP contribution in [0.4, 0.5) is 0 Å². The molecule has 1 fully saturated rings. The smallest absolute Gasteiger partial charge is 0.223 e.